The predicted octanol–water partition coefficient (Wildman–Crippen LogP) is 4.64. The van der Waals surface area contributed by atoms with Crippen molar-refractivity contribution in [3.8, 4) is 10.6 Å². The predicted molar refractivity (Wildman–Crippen MR) is 126 cm³/mol. The summed E-state index contributed by atoms with van der Waals surface area (Å²) in [6.07, 6.45) is 2.31. The fourth-order valence-electron chi connectivity index (χ4n) is 3.58. The van der Waals surface area contributed by atoms with Crippen LogP contribution in [0, 0.1) is 6.10 Å². The lowest BCUT2D eigenvalue weighted by atomic mass is 9.96. The number of pyridine rings is 1. The first-order chi connectivity index (χ1) is 16.1. The van der Waals surface area contributed by atoms with E-state index in [4.69, 9.17) is 4.74 Å². The van der Waals surface area contributed by atoms with E-state index in [1.165, 1.54) is 22.8 Å². The number of aliphatic carboxylic acids is 1. The first-order valence-electron chi connectivity index (χ1n) is 10.6. The molecule has 3 heterocycles. The van der Waals surface area contributed by atoms with Crippen LogP contribution in [0.3, 0.4) is 0 Å². The van der Waals surface area contributed by atoms with Gasteiger partial charge in [-0.1, -0.05) is 31.2 Å². The van der Waals surface area contributed by atoms with E-state index in [0.29, 0.717) is 21.5 Å². The van der Waals surface area contributed by atoms with Crippen molar-refractivity contribution in [2.75, 3.05) is 0 Å². The third-order valence-electron chi connectivity index (χ3n) is 5.14. The third kappa shape index (κ3) is 4.40. The number of hydrogen-bond donors (Lipinski definition) is 2. The molecule has 0 saturated heterocycles. The number of aromatic nitrogens is 3. The van der Waals surface area contributed by atoms with Gasteiger partial charge in [0.05, 0.1) is 0 Å². The number of carbonyl (C=O) groups excluding carboxylic acids is 1. The van der Waals surface area contributed by atoms with Crippen LogP contribution in [0.5, 0.6) is 0 Å². The number of carboxylic acids is 1. The van der Waals surface area contributed by atoms with Gasteiger partial charge in [-0.05, 0) is 33.1 Å². The Bertz CT molecular complexity index is 1350. The van der Waals surface area contributed by atoms with Crippen LogP contribution in [0.15, 0.2) is 54.2 Å². The molecule has 0 fully saturated rings. The number of carboxylic acid groups (broad SMARTS) is 1. The lowest BCUT2D eigenvalue weighted by molar-refractivity contribution is -0.580. The molecule has 0 spiro atoms. The fourth-order valence-corrected chi connectivity index (χ4v) is 4.55. The lowest BCUT2D eigenvalue weighted by Crippen LogP contribution is -2.50. The maximum absolute atomic E-state index is 13.3. The van der Waals surface area contributed by atoms with Gasteiger partial charge in [0.2, 0.25) is 11.3 Å². The van der Waals surface area contributed by atoms with Gasteiger partial charge in [-0.25, -0.2) is 15.7 Å². The normalized spacial score (nSPS) is 12.5. The molecular weight excluding hydrogens is 454 g/mol. The molecule has 0 aliphatic rings. The van der Waals surface area contributed by atoms with Crippen LogP contribution < -0.4 is 4.57 Å². The van der Waals surface area contributed by atoms with Crippen LogP contribution in [0.2, 0.25) is 0 Å². The van der Waals surface area contributed by atoms with E-state index in [9.17, 15) is 19.8 Å². The quantitative estimate of drug-likeness (QED) is 0.244. The van der Waals surface area contributed by atoms with Gasteiger partial charge in [0.1, 0.15) is 11.3 Å². The SMILES string of the molecule is CC(C(=O)O)[c-]1nc2ccccc2c1[C-](O)c1c[s+][c-](-c2cccnc2)[n+]1C(=O)OC(C)(C)C. The summed E-state index contributed by atoms with van der Waals surface area (Å²) < 4.78 is 6.92. The van der Waals surface area contributed by atoms with Crippen molar-refractivity contribution < 1.29 is 29.1 Å². The number of aliphatic hydroxyl groups excluding tert-OH is 1. The highest BCUT2D eigenvalue weighted by molar-refractivity contribution is 7.12. The second-order valence-corrected chi connectivity index (χ2v) is 9.64. The Balaban J connectivity index is 1.93. The summed E-state index contributed by atoms with van der Waals surface area (Å²) in [7, 11) is 0. The minimum absolute atomic E-state index is 0.176. The Morgan fingerprint density at radius 3 is 2.59 bits per heavy atom. The number of benzene rings is 1. The van der Waals surface area contributed by atoms with Crippen LogP contribution in [-0.2, 0) is 9.53 Å². The molecule has 9 heteroatoms. The standard InChI is InChI=1S/C25H24N3O5S/c1-14(23(30)31)20-19(16-9-5-6-10-17(16)27-20)21(29)18-13-34-22(15-8-7-11-26-12-15)28(18)24(32)33-25(2,3)4/h5-14,29H,1-4H3,(H,30,31)/q-1. The van der Waals surface area contributed by atoms with E-state index in [0.717, 1.165) is 0 Å². The zero-order valence-corrected chi connectivity index (χ0v) is 20.0. The van der Waals surface area contributed by atoms with E-state index in [2.05, 4.69) is 9.97 Å². The van der Waals surface area contributed by atoms with Crippen molar-refractivity contribution in [2.45, 2.75) is 39.2 Å². The second kappa shape index (κ2) is 8.92. The molecule has 8 nitrogen and oxygen atoms in total. The molecule has 1 aromatic carbocycles. The average molecular weight is 479 g/mol. The summed E-state index contributed by atoms with van der Waals surface area (Å²) >= 11 is 1.24. The molecule has 0 radical (unpaired) electrons. The minimum Gasteiger partial charge on any atom is -0.482 e. The Kier molecular flexibility index (Phi) is 6.16. The number of nitrogens with zero attached hydrogens (tertiary/aromatic N) is 3. The molecule has 0 saturated carbocycles. The van der Waals surface area contributed by atoms with Crippen molar-refractivity contribution >= 4 is 34.3 Å². The zero-order valence-electron chi connectivity index (χ0n) is 19.1. The molecule has 2 N–H and O–H groups in total. The molecular formula is C25H24N3O5S-. The van der Waals surface area contributed by atoms with Crippen molar-refractivity contribution in [2.24, 2.45) is 0 Å². The summed E-state index contributed by atoms with van der Waals surface area (Å²) in [5.74, 6) is -2.05. The number of thiazole rings is 1. The zero-order chi connectivity index (χ0) is 24.6. The van der Waals surface area contributed by atoms with Crippen LogP contribution >= 0.6 is 11.3 Å². The maximum atomic E-state index is 13.3. The van der Waals surface area contributed by atoms with Gasteiger partial charge in [0, 0.05) is 17.7 Å². The number of aliphatic hydroxyl groups is 1. The number of para-hydroxylation sites is 1. The minimum atomic E-state index is -1.07. The highest BCUT2D eigenvalue weighted by atomic mass is 32.1. The first kappa shape index (κ1) is 23.5. The Hall–Kier alpha value is -3.69. The number of fused-ring (bicyclic) bond motifs is 1. The Morgan fingerprint density at radius 1 is 1.21 bits per heavy atom. The van der Waals surface area contributed by atoms with Gasteiger partial charge in [0.15, 0.2) is 5.38 Å². The van der Waals surface area contributed by atoms with Gasteiger partial charge in [-0.3, -0.25) is 9.78 Å². The molecule has 4 rings (SSSR count). The van der Waals surface area contributed by atoms with Crippen LogP contribution in [0.1, 0.15) is 50.6 Å². The molecule has 1 atom stereocenters. The van der Waals surface area contributed by atoms with E-state index in [1.807, 2.05) is 0 Å². The number of hydrogen-bond acceptors (Lipinski definition) is 6. The molecule has 0 amide bonds. The smallest absolute Gasteiger partial charge is 0.482 e. The molecule has 34 heavy (non-hydrogen) atoms. The van der Waals surface area contributed by atoms with Crippen LogP contribution in [0.4, 0.5) is 4.79 Å². The largest absolute Gasteiger partial charge is 0.548 e. The lowest BCUT2D eigenvalue weighted by Gasteiger charge is -2.27. The number of rotatable bonds is 5. The van der Waals surface area contributed by atoms with E-state index in [-0.39, 0.29) is 23.1 Å². The summed E-state index contributed by atoms with van der Waals surface area (Å²) in [5.41, 5.74) is 1.12. The van der Waals surface area contributed by atoms with Gasteiger partial charge < -0.3 is 19.9 Å². The molecule has 0 aliphatic heterocycles. The van der Waals surface area contributed by atoms with Crippen molar-refractivity contribution in [3.63, 3.8) is 0 Å². The Labute approximate surface area is 200 Å². The first-order valence-corrected chi connectivity index (χ1v) is 11.5. The number of carbonyl (C=O) groups is 2. The van der Waals surface area contributed by atoms with E-state index < -0.39 is 23.6 Å². The monoisotopic (exact) mass is 478 g/mol. The summed E-state index contributed by atoms with van der Waals surface area (Å²) in [4.78, 5) is 33.7. The second-order valence-electron chi connectivity index (χ2n) is 8.78. The average Bonchev–Trinajstić information content (AvgIpc) is 3.40. The molecule has 4 aromatic rings. The van der Waals surface area contributed by atoms with Crippen molar-refractivity contribution in [3.05, 3.63) is 77.2 Å². The highest BCUT2D eigenvalue weighted by Gasteiger charge is 2.35. The number of ether oxygens (including phenoxy) is 1. The van der Waals surface area contributed by atoms with Crippen molar-refractivity contribution in [1.82, 2.24) is 9.97 Å². The topological polar surface area (TPSA) is 113 Å². The highest BCUT2D eigenvalue weighted by Crippen LogP contribution is 2.36. The van der Waals surface area contributed by atoms with Gasteiger partial charge in [-0.15, -0.1) is 16.3 Å². The molecule has 0 bridgehead atoms. The summed E-state index contributed by atoms with van der Waals surface area (Å²) in [6, 6.07) is 10.6. The van der Waals surface area contributed by atoms with E-state index >= 15 is 0 Å². The van der Waals surface area contributed by atoms with E-state index in [1.54, 1.807) is 74.9 Å². The van der Waals surface area contributed by atoms with Crippen LogP contribution in [0.25, 0.3) is 21.5 Å². The van der Waals surface area contributed by atoms with Crippen molar-refractivity contribution in [1.29, 1.82) is 0 Å². The molecule has 176 valence electrons. The molecule has 3 aromatic heterocycles. The van der Waals surface area contributed by atoms with Gasteiger partial charge in [0.25, 0.3) is 5.97 Å². The fraction of sp³-hybridized carbons (Fsp3) is 0.240. The molecule has 1 unspecified atom stereocenters. The molecule has 0 aliphatic carbocycles. The third-order valence-corrected chi connectivity index (χ3v) is 6.12. The Morgan fingerprint density at radius 2 is 1.94 bits per heavy atom. The summed E-state index contributed by atoms with van der Waals surface area (Å²) in [5, 5.41) is 23.9. The summed E-state index contributed by atoms with van der Waals surface area (Å²) in [6.45, 7) is 6.78. The maximum Gasteiger partial charge on any atom is 0.548 e. The van der Waals surface area contributed by atoms with Gasteiger partial charge >= 0.3 is 11.1 Å². The van der Waals surface area contributed by atoms with Gasteiger partial charge in [-0.2, -0.15) is 11.6 Å². The van der Waals surface area contributed by atoms with Crippen LogP contribution in [-0.4, -0.2) is 37.8 Å².